The summed E-state index contributed by atoms with van der Waals surface area (Å²) in [6.07, 6.45) is -0.337. The van der Waals surface area contributed by atoms with Crippen molar-refractivity contribution in [1.82, 2.24) is 10.6 Å². The van der Waals surface area contributed by atoms with Crippen molar-refractivity contribution in [2.75, 3.05) is 13.1 Å². The highest BCUT2D eigenvalue weighted by Gasteiger charge is 2.34. The van der Waals surface area contributed by atoms with E-state index in [1.807, 2.05) is 27.7 Å². The molecule has 1 saturated heterocycles. The van der Waals surface area contributed by atoms with Gasteiger partial charge in [0.25, 0.3) is 0 Å². The molecule has 0 bridgehead atoms. The Hall–Kier alpha value is -0.480. The fourth-order valence-corrected chi connectivity index (χ4v) is 1.14. The van der Waals surface area contributed by atoms with Crippen LogP contribution in [0, 0.1) is 0 Å². The van der Waals surface area contributed by atoms with Crippen molar-refractivity contribution in [3.05, 3.63) is 0 Å². The molecular weight excluding hydrogens is 204 g/mol. The first-order chi connectivity index (χ1) is 5.81. The smallest absolute Gasteiger partial charge is 0.408 e. The van der Waals surface area contributed by atoms with Crippen molar-refractivity contribution in [2.45, 2.75) is 38.8 Å². The second-order valence-corrected chi connectivity index (χ2v) is 4.79. The Morgan fingerprint density at radius 2 is 1.93 bits per heavy atom. The van der Waals surface area contributed by atoms with Gasteiger partial charge < -0.3 is 15.4 Å². The Labute approximate surface area is 91.2 Å². The SMILES string of the molecule is CC1(NC(=O)OC(C)(C)C)CNC1.Cl. The summed E-state index contributed by atoms with van der Waals surface area (Å²) in [6.45, 7) is 9.18. The summed E-state index contributed by atoms with van der Waals surface area (Å²) in [5, 5.41) is 5.93. The summed E-state index contributed by atoms with van der Waals surface area (Å²) in [7, 11) is 0. The Bertz CT molecular complexity index is 209. The van der Waals surface area contributed by atoms with Crippen molar-refractivity contribution in [3.63, 3.8) is 0 Å². The average Bonchev–Trinajstić information content (AvgIpc) is 1.79. The zero-order chi connectivity index (χ0) is 10.1. The lowest BCUT2D eigenvalue weighted by atomic mass is 9.96. The predicted molar refractivity (Wildman–Crippen MR) is 57.9 cm³/mol. The molecule has 14 heavy (non-hydrogen) atoms. The molecule has 0 spiro atoms. The van der Waals surface area contributed by atoms with E-state index in [2.05, 4.69) is 10.6 Å². The number of hydrogen-bond acceptors (Lipinski definition) is 3. The van der Waals surface area contributed by atoms with Crippen LogP contribution in [0.4, 0.5) is 4.79 Å². The zero-order valence-electron chi connectivity index (χ0n) is 9.14. The van der Waals surface area contributed by atoms with Crippen molar-refractivity contribution < 1.29 is 9.53 Å². The first kappa shape index (κ1) is 13.5. The van der Waals surface area contributed by atoms with Gasteiger partial charge in [0.1, 0.15) is 5.60 Å². The maximum absolute atomic E-state index is 11.3. The third kappa shape index (κ3) is 4.15. The molecule has 1 aliphatic rings. The normalized spacial score (nSPS) is 18.9. The maximum Gasteiger partial charge on any atom is 0.408 e. The third-order valence-electron chi connectivity index (χ3n) is 1.83. The van der Waals surface area contributed by atoms with Crippen LogP contribution in [-0.4, -0.2) is 30.3 Å². The van der Waals surface area contributed by atoms with Crippen molar-refractivity contribution >= 4 is 18.5 Å². The molecular formula is C9H19ClN2O2. The van der Waals surface area contributed by atoms with Gasteiger partial charge in [0, 0.05) is 13.1 Å². The third-order valence-corrected chi connectivity index (χ3v) is 1.83. The van der Waals surface area contributed by atoms with Gasteiger partial charge in [-0.3, -0.25) is 0 Å². The Morgan fingerprint density at radius 3 is 2.21 bits per heavy atom. The van der Waals surface area contributed by atoms with Gasteiger partial charge in [-0.25, -0.2) is 4.79 Å². The molecule has 84 valence electrons. The number of rotatable bonds is 1. The van der Waals surface area contributed by atoms with Crippen molar-refractivity contribution in [2.24, 2.45) is 0 Å². The number of halogens is 1. The van der Waals surface area contributed by atoms with Crippen molar-refractivity contribution in [3.8, 4) is 0 Å². The number of ether oxygens (including phenoxy) is 1. The number of nitrogens with one attached hydrogen (secondary N) is 2. The highest BCUT2D eigenvalue weighted by Crippen LogP contribution is 2.12. The van der Waals surface area contributed by atoms with E-state index < -0.39 is 5.60 Å². The summed E-state index contributed by atoms with van der Waals surface area (Å²) in [5.74, 6) is 0. The molecule has 0 atom stereocenters. The second kappa shape index (κ2) is 4.36. The molecule has 1 fully saturated rings. The lowest BCUT2D eigenvalue weighted by molar-refractivity contribution is 0.0428. The van der Waals surface area contributed by atoms with E-state index in [0.29, 0.717) is 0 Å². The minimum atomic E-state index is -0.419. The van der Waals surface area contributed by atoms with Gasteiger partial charge in [-0.1, -0.05) is 0 Å². The zero-order valence-corrected chi connectivity index (χ0v) is 9.96. The molecule has 1 rings (SSSR count). The van der Waals surface area contributed by atoms with Gasteiger partial charge in [0.15, 0.2) is 0 Å². The highest BCUT2D eigenvalue weighted by molar-refractivity contribution is 5.85. The number of alkyl carbamates (subject to hydrolysis) is 1. The molecule has 0 radical (unpaired) electrons. The minimum Gasteiger partial charge on any atom is -0.444 e. The summed E-state index contributed by atoms with van der Waals surface area (Å²) in [6, 6.07) is 0. The lowest BCUT2D eigenvalue weighted by Gasteiger charge is -2.40. The predicted octanol–water partition coefficient (Wildman–Crippen LogP) is 1.29. The molecule has 0 aliphatic carbocycles. The molecule has 1 aliphatic heterocycles. The molecule has 0 aromatic rings. The van der Waals surface area contributed by atoms with Gasteiger partial charge in [-0.2, -0.15) is 0 Å². The van der Waals surface area contributed by atoms with Crippen LogP contribution >= 0.6 is 12.4 Å². The van der Waals surface area contributed by atoms with Crippen LogP contribution in [0.15, 0.2) is 0 Å². The highest BCUT2D eigenvalue weighted by atomic mass is 35.5. The largest absolute Gasteiger partial charge is 0.444 e. The maximum atomic E-state index is 11.3. The van der Waals surface area contributed by atoms with Crippen LogP contribution in [0.2, 0.25) is 0 Å². The summed E-state index contributed by atoms with van der Waals surface area (Å²) < 4.78 is 5.13. The van der Waals surface area contributed by atoms with Crippen LogP contribution in [0.1, 0.15) is 27.7 Å². The fraction of sp³-hybridized carbons (Fsp3) is 0.889. The van der Waals surface area contributed by atoms with Gasteiger partial charge in [-0.05, 0) is 27.7 Å². The van der Waals surface area contributed by atoms with Crippen molar-refractivity contribution in [1.29, 1.82) is 0 Å². The number of amides is 1. The molecule has 5 heteroatoms. The van der Waals surface area contributed by atoms with Crippen LogP contribution in [0.3, 0.4) is 0 Å². The summed E-state index contributed by atoms with van der Waals surface area (Å²) in [5.41, 5.74) is -0.542. The van der Waals surface area contributed by atoms with Gasteiger partial charge in [0.05, 0.1) is 5.54 Å². The Kier molecular flexibility index (Phi) is 4.21. The monoisotopic (exact) mass is 222 g/mol. The first-order valence-electron chi connectivity index (χ1n) is 4.53. The van der Waals surface area contributed by atoms with Crippen LogP contribution in [0.25, 0.3) is 0 Å². The molecule has 1 amide bonds. The summed E-state index contributed by atoms with van der Waals surface area (Å²) >= 11 is 0. The average molecular weight is 223 g/mol. The van der Waals surface area contributed by atoms with Gasteiger partial charge in [-0.15, -0.1) is 12.4 Å². The standard InChI is InChI=1S/C9H18N2O2.ClH/c1-8(2,3)13-7(12)11-9(4)5-10-6-9;/h10H,5-6H2,1-4H3,(H,11,12);1H. The van der Waals surface area contributed by atoms with E-state index in [1.54, 1.807) is 0 Å². The molecule has 2 N–H and O–H groups in total. The molecule has 1 heterocycles. The fourth-order valence-electron chi connectivity index (χ4n) is 1.14. The quantitative estimate of drug-likeness (QED) is 0.703. The summed E-state index contributed by atoms with van der Waals surface area (Å²) in [4.78, 5) is 11.3. The van der Waals surface area contributed by atoms with E-state index in [0.717, 1.165) is 13.1 Å². The lowest BCUT2D eigenvalue weighted by Crippen LogP contribution is -2.67. The van der Waals surface area contributed by atoms with Gasteiger partial charge >= 0.3 is 6.09 Å². The van der Waals surface area contributed by atoms with E-state index in [-0.39, 0.29) is 24.0 Å². The number of hydrogen-bond donors (Lipinski definition) is 2. The van der Waals surface area contributed by atoms with Crippen LogP contribution in [0.5, 0.6) is 0 Å². The van der Waals surface area contributed by atoms with E-state index in [9.17, 15) is 4.79 Å². The Balaban J connectivity index is 0.00000169. The second-order valence-electron chi connectivity index (χ2n) is 4.79. The molecule has 0 saturated carbocycles. The topological polar surface area (TPSA) is 50.4 Å². The van der Waals surface area contributed by atoms with E-state index in [1.165, 1.54) is 0 Å². The van der Waals surface area contributed by atoms with E-state index >= 15 is 0 Å². The molecule has 0 aromatic carbocycles. The van der Waals surface area contributed by atoms with Crippen LogP contribution in [-0.2, 0) is 4.74 Å². The minimum absolute atomic E-state index is 0. The van der Waals surface area contributed by atoms with Crippen LogP contribution < -0.4 is 10.6 Å². The first-order valence-corrected chi connectivity index (χ1v) is 4.53. The number of carbonyl (C=O) groups excluding carboxylic acids is 1. The van der Waals surface area contributed by atoms with Gasteiger partial charge in [0.2, 0.25) is 0 Å². The molecule has 0 unspecified atom stereocenters. The molecule has 0 aromatic heterocycles. The number of carbonyl (C=O) groups is 1. The molecule has 4 nitrogen and oxygen atoms in total. The Morgan fingerprint density at radius 1 is 1.43 bits per heavy atom. The van der Waals surface area contributed by atoms with E-state index in [4.69, 9.17) is 4.74 Å².